The highest BCUT2D eigenvalue weighted by Gasteiger charge is 2.12. The Hall–Kier alpha value is -0.980. The molecule has 6 heteroatoms. The first-order valence-electron chi connectivity index (χ1n) is 5.26. The van der Waals surface area contributed by atoms with E-state index in [2.05, 4.69) is 25.9 Å². The number of nitrogens with zero attached hydrogens (tertiary/aromatic N) is 2. The molecule has 94 valence electrons. The minimum Gasteiger partial charge on any atom is -0.326 e. The summed E-state index contributed by atoms with van der Waals surface area (Å²) in [5.74, 6) is -0.326. The molecule has 2 rings (SSSR count). The molecular formula is C12H11BrFN3S. The van der Waals surface area contributed by atoms with Crippen LogP contribution in [0.3, 0.4) is 0 Å². The van der Waals surface area contributed by atoms with Crippen molar-refractivity contribution in [1.82, 2.24) is 9.97 Å². The fraction of sp³-hybridized carbons (Fsp3) is 0.167. The molecule has 0 saturated heterocycles. The van der Waals surface area contributed by atoms with Gasteiger partial charge >= 0.3 is 0 Å². The van der Waals surface area contributed by atoms with E-state index < -0.39 is 0 Å². The van der Waals surface area contributed by atoms with E-state index in [4.69, 9.17) is 5.73 Å². The molecule has 0 unspecified atom stereocenters. The lowest BCUT2D eigenvalue weighted by Gasteiger charge is -2.07. The first kappa shape index (κ1) is 13.5. The lowest BCUT2D eigenvalue weighted by Crippen LogP contribution is -1.99. The van der Waals surface area contributed by atoms with Crippen LogP contribution in [0.5, 0.6) is 0 Å². The van der Waals surface area contributed by atoms with Gasteiger partial charge in [0.25, 0.3) is 0 Å². The summed E-state index contributed by atoms with van der Waals surface area (Å²) in [5, 5.41) is 0.529. The van der Waals surface area contributed by atoms with Gasteiger partial charge in [-0.25, -0.2) is 14.4 Å². The minimum atomic E-state index is -0.326. The Morgan fingerprint density at radius 3 is 2.83 bits per heavy atom. The first-order chi connectivity index (χ1) is 8.61. The fourth-order valence-electron chi connectivity index (χ4n) is 1.38. The number of aromatic nitrogens is 2. The average Bonchev–Trinajstić information content (AvgIpc) is 2.35. The summed E-state index contributed by atoms with van der Waals surface area (Å²) < 4.78 is 14.5. The van der Waals surface area contributed by atoms with Crippen molar-refractivity contribution in [1.29, 1.82) is 0 Å². The monoisotopic (exact) mass is 327 g/mol. The second-order valence-corrected chi connectivity index (χ2v) is 5.44. The highest BCUT2D eigenvalue weighted by atomic mass is 79.9. The van der Waals surface area contributed by atoms with Gasteiger partial charge in [0, 0.05) is 18.4 Å². The van der Waals surface area contributed by atoms with Gasteiger partial charge in [0.15, 0.2) is 11.0 Å². The Kier molecular flexibility index (Phi) is 4.31. The van der Waals surface area contributed by atoms with Gasteiger partial charge in [0.05, 0.1) is 9.37 Å². The summed E-state index contributed by atoms with van der Waals surface area (Å²) in [4.78, 5) is 8.80. The quantitative estimate of drug-likeness (QED) is 0.879. The molecule has 0 bridgehead atoms. The van der Waals surface area contributed by atoms with Crippen LogP contribution in [0.1, 0.15) is 11.3 Å². The second kappa shape index (κ2) is 5.77. The normalized spacial score (nSPS) is 10.7. The Bertz CT molecular complexity index is 577. The third kappa shape index (κ3) is 2.88. The summed E-state index contributed by atoms with van der Waals surface area (Å²) in [6.07, 6.45) is 1.66. The van der Waals surface area contributed by atoms with Crippen molar-refractivity contribution in [3.05, 3.63) is 45.9 Å². The molecule has 3 nitrogen and oxygen atoms in total. The molecule has 18 heavy (non-hydrogen) atoms. The standard InChI is InChI=1S/C12H11BrFN3S/c1-7-4-5-16-12(17-7)18-9-3-2-8(6-15)10(13)11(9)14/h2-5H,6,15H2,1H3. The summed E-state index contributed by atoms with van der Waals surface area (Å²) in [5.41, 5.74) is 7.10. The topological polar surface area (TPSA) is 51.8 Å². The largest absolute Gasteiger partial charge is 0.326 e. The van der Waals surface area contributed by atoms with E-state index in [1.807, 2.05) is 6.92 Å². The highest BCUT2D eigenvalue weighted by Crippen LogP contribution is 2.32. The van der Waals surface area contributed by atoms with Crippen LogP contribution in [-0.2, 0) is 6.54 Å². The fourth-order valence-corrected chi connectivity index (χ4v) is 2.85. The van der Waals surface area contributed by atoms with E-state index in [0.717, 1.165) is 11.3 Å². The van der Waals surface area contributed by atoms with Crippen molar-refractivity contribution in [3.63, 3.8) is 0 Å². The SMILES string of the molecule is Cc1ccnc(Sc2ccc(CN)c(Br)c2F)n1. The van der Waals surface area contributed by atoms with Crippen LogP contribution in [0.15, 0.2) is 38.9 Å². The predicted octanol–water partition coefficient (Wildman–Crippen LogP) is 3.30. The molecule has 2 aromatic rings. The van der Waals surface area contributed by atoms with Crippen LogP contribution in [0.25, 0.3) is 0 Å². The van der Waals surface area contributed by atoms with Crippen LogP contribution in [0, 0.1) is 12.7 Å². The number of nitrogens with two attached hydrogens (primary N) is 1. The number of rotatable bonds is 3. The molecule has 1 aromatic heterocycles. The Balaban J connectivity index is 2.33. The van der Waals surface area contributed by atoms with Crippen LogP contribution < -0.4 is 5.73 Å². The number of aryl methyl sites for hydroxylation is 1. The molecule has 0 spiro atoms. The lowest BCUT2D eigenvalue weighted by molar-refractivity contribution is 0.591. The third-order valence-electron chi connectivity index (χ3n) is 2.32. The van der Waals surface area contributed by atoms with Gasteiger partial charge in [0.2, 0.25) is 0 Å². The number of benzene rings is 1. The highest BCUT2D eigenvalue weighted by molar-refractivity contribution is 9.10. The van der Waals surface area contributed by atoms with Crippen molar-refractivity contribution in [2.75, 3.05) is 0 Å². The molecule has 2 N–H and O–H groups in total. The Labute approximate surface area is 117 Å². The van der Waals surface area contributed by atoms with Crippen LogP contribution in [-0.4, -0.2) is 9.97 Å². The maximum absolute atomic E-state index is 14.1. The van der Waals surface area contributed by atoms with E-state index in [-0.39, 0.29) is 5.82 Å². The minimum absolute atomic E-state index is 0.295. The molecule has 0 fully saturated rings. The van der Waals surface area contributed by atoms with Gasteiger partial charge in [0.1, 0.15) is 0 Å². The third-order valence-corrected chi connectivity index (χ3v) is 4.09. The van der Waals surface area contributed by atoms with Crippen LogP contribution in [0.4, 0.5) is 4.39 Å². The van der Waals surface area contributed by atoms with E-state index in [0.29, 0.717) is 21.1 Å². The summed E-state index contributed by atoms with van der Waals surface area (Å²) >= 11 is 4.40. The smallest absolute Gasteiger partial charge is 0.192 e. The number of halogens is 2. The molecule has 0 amide bonds. The van der Waals surface area contributed by atoms with Gasteiger partial charge in [-0.05, 0) is 52.3 Å². The van der Waals surface area contributed by atoms with Crippen molar-refractivity contribution in [3.8, 4) is 0 Å². The number of hydrogen-bond donors (Lipinski definition) is 1. The maximum atomic E-state index is 14.1. The average molecular weight is 328 g/mol. The molecule has 0 saturated carbocycles. The lowest BCUT2D eigenvalue weighted by atomic mass is 10.2. The molecule has 1 aromatic carbocycles. The zero-order valence-electron chi connectivity index (χ0n) is 9.65. The van der Waals surface area contributed by atoms with Crippen molar-refractivity contribution in [2.24, 2.45) is 5.73 Å². The van der Waals surface area contributed by atoms with Gasteiger partial charge < -0.3 is 5.73 Å². The van der Waals surface area contributed by atoms with Gasteiger partial charge in [-0.2, -0.15) is 0 Å². The van der Waals surface area contributed by atoms with Crippen molar-refractivity contribution >= 4 is 27.7 Å². The Morgan fingerprint density at radius 1 is 1.39 bits per heavy atom. The maximum Gasteiger partial charge on any atom is 0.192 e. The van der Waals surface area contributed by atoms with Gasteiger partial charge in [-0.3, -0.25) is 0 Å². The summed E-state index contributed by atoms with van der Waals surface area (Å²) in [6, 6.07) is 5.29. The van der Waals surface area contributed by atoms with E-state index in [9.17, 15) is 4.39 Å². The number of hydrogen-bond acceptors (Lipinski definition) is 4. The molecule has 0 radical (unpaired) electrons. The van der Waals surface area contributed by atoms with Gasteiger partial charge in [-0.15, -0.1) is 0 Å². The second-order valence-electron chi connectivity index (χ2n) is 3.64. The molecule has 0 aliphatic carbocycles. The van der Waals surface area contributed by atoms with E-state index in [1.165, 1.54) is 11.8 Å². The van der Waals surface area contributed by atoms with E-state index >= 15 is 0 Å². The predicted molar refractivity (Wildman–Crippen MR) is 72.9 cm³/mol. The molecule has 0 atom stereocenters. The Morgan fingerprint density at radius 2 is 2.17 bits per heavy atom. The summed E-state index contributed by atoms with van der Waals surface area (Å²) in [6.45, 7) is 2.17. The first-order valence-corrected chi connectivity index (χ1v) is 6.87. The van der Waals surface area contributed by atoms with E-state index in [1.54, 1.807) is 24.4 Å². The van der Waals surface area contributed by atoms with Crippen molar-refractivity contribution < 1.29 is 4.39 Å². The molecule has 0 aliphatic rings. The zero-order chi connectivity index (χ0) is 13.1. The van der Waals surface area contributed by atoms with Crippen LogP contribution in [0.2, 0.25) is 0 Å². The zero-order valence-corrected chi connectivity index (χ0v) is 12.1. The summed E-state index contributed by atoms with van der Waals surface area (Å²) in [7, 11) is 0. The molecule has 1 heterocycles. The molecular weight excluding hydrogens is 317 g/mol. The van der Waals surface area contributed by atoms with Crippen LogP contribution >= 0.6 is 27.7 Å². The molecule has 0 aliphatic heterocycles. The van der Waals surface area contributed by atoms with Crippen molar-refractivity contribution in [2.45, 2.75) is 23.5 Å². The van der Waals surface area contributed by atoms with Gasteiger partial charge in [-0.1, -0.05) is 6.07 Å².